The Morgan fingerprint density at radius 3 is 2.62 bits per heavy atom. The SMILES string of the molecule is C[C@@H](NC(=O)[C@H](C)N1CCc2ccccc2C1)c1cc2ccccc2o1. The Kier molecular flexibility index (Phi) is 4.51. The van der Waals surface area contributed by atoms with Crippen molar-refractivity contribution in [2.45, 2.75) is 38.9 Å². The van der Waals surface area contributed by atoms with Crippen molar-refractivity contribution in [1.29, 1.82) is 0 Å². The number of carbonyl (C=O) groups excluding carboxylic acids is 1. The average Bonchev–Trinajstić information content (AvgIpc) is 3.11. The minimum Gasteiger partial charge on any atom is -0.459 e. The fourth-order valence-corrected chi connectivity index (χ4v) is 3.63. The Morgan fingerprint density at radius 1 is 1.08 bits per heavy atom. The molecule has 2 atom stereocenters. The van der Waals surface area contributed by atoms with E-state index in [1.54, 1.807) is 0 Å². The average molecular weight is 348 g/mol. The lowest BCUT2D eigenvalue weighted by molar-refractivity contribution is -0.127. The van der Waals surface area contributed by atoms with Gasteiger partial charge in [0.1, 0.15) is 11.3 Å². The van der Waals surface area contributed by atoms with E-state index in [2.05, 4.69) is 34.5 Å². The number of amides is 1. The molecule has 3 aromatic rings. The molecule has 26 heavy (non-hydrogen) atoms. The highest BCUT2D eigenvalue weighted by molar-refractivity contribution is 5.82. The summed E-state index contributed by atoms with van der Waals surface area (Å²) in [6.45, 7) is 5.68. The zero-order valence-corrected chi connectivity index (χ0v) is 15.2. The predicted octanol–water partition coefficient (Wildman–Crippen LogP) is 4.06. The Balaban J connectivity index is 1.42. The van der Waals surface area contributed by atoms with Gasteiger partial charge in [0.05, 0.1) is 12.1 Å². The molecule has 0 unspecified atom stereocenters. The second kappa shape index (κ2) is 6.96. The van der Waals surface area contributed by atoms with E-state index in [-0.39, 0.29) is 18.0 Å². The molecule has 1 aliphatic rings. The van der Waals surface area contributed by atoms with Crippen LogP contribution in [0.2, 0.25) is 0 Å². The van der Waals surface area contributed by atoms with E-state index >= 15 is 0 Å². The molecule has 1 aliphatic heterocycles. The highest BCUT2D eigenvalue weighted by Gasteiger charge is 2.26. The normalized spacial score (nSPS) is 16.8. The van der Waals surface area contributed by atoms with Crippen molar-refractivity contribution in [3.05, 3.63) is 71.5 Å². The third-order valence-electron chi connectivity index (χ3n) is 5.32. The third-order valence-corrected chi connectivity index (χ3v) is 5.32. The van der Waals surface area contributed by atoms with Crippen molar-refractivity contribution in [2.24, 2.45) is 0 Å². The van der Waals surface area contributed by atoms with Crippen LogP contribution in [0.1, 0.15) is 36.8 Å². The summed E-state index contributed by atoms with van der Waals surface area (Å²) in [6, 6.07) is 18.1. The summed E-state index contributed by atoms with van der Waals surface area (Å²) < 4.78 is 5.87. The van der Waals surface area contributed by atoms with Gasteiger partial charge in [-0.05, 0) is 43.5 Å². The molecule has 4 nitrogen and oxygen atoms in total. The Hall–Kier alpha value is -2.59. The molecule has 0 saturated heterocycles. The van der Waals surface area contributed by atoms with Gasteiger partial charge < -0.3 is 9.73 Å². The number of carbonyl (C=O) groups is 1. The summed E-state index contributed by atoms with van der Waals surface area (Å²) in [6.07, 6.45) is 0.993. The molecule has 1 N–H and O–H groups in total. The lowest BCUT2D eigenvalue weighted by Crippen LogP contribution is -2.47. The number of hydrogen-bond acceptors (Lipinski definition) is 3. The number of benzene rings is 2. The van der Waals surface area contributed by atoms with Gasteiger partial charge in [0.15, 0.2) is 0 Å². The Labute approximate surface area is 153 Å². The minimum absolute atomic E-state index is 0.0392. The third kappa shape index (κ3) is 3.25. The summed E-state index contributed by atoms with van der Waals surface area (Å²) >= 11 is 0. The molecular weight excluding hydrogens is 324 g/mol. The summed E-state index contributed by atoms with van der Waals surface area (Å²) in [5, 5.41) is 4.16. The quantitative estimate of drug-likeness (QED) is 0.773. The largest absolute Gasteiger partial charge is 0.459 e. The molecule has 4 heteroatoms. The van der Waals surface area contributed by atoms with Crippen molar-refractivity contribution < 1.29 is 9.21 Å². The van der Waals surface area contributed by atoms with E-state index < -0.39 is 0 Å². The molecule has 4 rings (SSSR count). The maximum Gasteiger partial charge on any atom is 0.237 e. The van der Waals surface area contributed by atoms with Crippen molar-refractivity contribution in [3.63, 3.8) is 0 Å². The van der Waals surface area contributed by atoms with Crippen LogP contribution in [-0.4, -0.2) is 23.4 Å². The van der Waals surface area contributed by atoms with E-state index in [9.17, 15) is 4.79 Å². The van der Waals surface area contributed by atoms with E-state index in [1.165, 1.54) is 11.1 Å². The van der Waals surface area contributed by atoms with Crippen LogP contribution in [0.15, 0.2) is 59.0 Å². The molecule has 134 valence electrons. The molecule has 0 aliphatic carbocycles. The number of fused-ring (bicyclic) bond motifs is 2. The van der Waals surface area contributed by atoms with E-state index in [1.807, 2.05) is 44.2 Å². The second-order valence-electron chi connectivity index (χ2n) is 7.08. The van der Waals surface area contributed by atoms with Crippen LogP contribution in [-0.2, 0) is 17.8 Å². The van der Waals surface area contributed by atoms with Gasteiger partial charge in [-0.1, -0.05) is 42.5 Å². The topological polar surface area (TPSA) is 45.5 Å². The maximum atomic E-state index is 12.8. The van der Waals surface area contributed by atoms with Crippen molar-refractivity contribution in [1.82, 2.24) is 10.2 Å². The van der Waals surface area contributed by atoms with Gasteiger partial charge in [-0.25, -0.2) is 0 Å². The Morgan fingerprint density at radius 2 is 1.81 bits per heavy atom. The molecule has 2 heterocycles. The summed E-state index contributed by atoms with van der Waals surface area (Å²) in [4.78, 5) is 15.0. The first-order valence-corrected chi connectivity index (χ1v) is 9.21. The molecule has 0 spiro atoms. The van der Waals surface area contributed by atoms with E-state index in [4.69, 9.17) is 4.42 Å². The van der Waals surface area contributed by atoms with Gasteiger partial charge in [0.2, 0.25) is 5.91 Å². The van der Waals surface area contributed by atoms with E-state index in [0.29, 0.717) is 0 Å². The van der Waals surface area contributed by atoms with Gasteiger partial charge in [0, 0.05) is 18.5 Å². The van der Waals surface area contributed by atoms with Crippen LogP contribution < -0.4 is 5.32 Å². The standard InChI is InChI=1S/C22H24N2O2/c1-15(21-13-18-8-5-6-10-20(18)26-21)23-22(25)16(2)24-12-11-17-7-3-4-9-19(17)14-24/h3-10,13,15-16H,11-12,14H2,1-2H3,(H,23,25)/t15-,16+/m1/s1. The number of para-hydroxylation sites is 1. The monoisotopic (exact) mass is 348 g/mol. The fourth-order valence-electron chi connectivity index (χ4n) is 3.63. The number of rotatable bonds is 4. The van der Waals surface area contributed by atoms with Crippen LogP contribution >= 0.6 is 0 Å². The van der Waals surface area contributed by atoms with Crippen LogP contribution in [0.25, 0.3) is 11.0 Å². The van der Waals surface area contributed by atoms with Crippen molar-refractivity contribution >= 4 is 16.9 Å². The molecule has 0 radical (unpaired) electrons. The number of furan rings is 1. The van der Waals surface area contributed by atoms with Crippen LogP contribution in [0.3, 0.4) is 0 Å². The molecule has 1 aromatic heterocycles. The molecule has 0 fully saturated rings. The fraction of sp³-hybridized carbons (Fsp3) is 0.318. The van der Waals surface area contributed by atoms with Gasteiger partial charge in [-0.3, -0.25) is 9.69 Å². The van der Waals surface area contributed by atoms with Crippen LogP contribution in [0.5, 0.6) is 0 Å². The molecule has 1 amide bonds. The summed E-state index contributed by atoms with van der Waals surface area (Å²) in [5.74, 6) is 0.827. The van der Waals surface area contributed by atoms with Gasteiger partial charge in [-0.15, -0.1) is 0 Å². The van der Waals surface area contributed by atoms with Crippen LogP contribution in [0, 0.1) is 0 Å². The van der Waals surface area contributed by atoms with Gasteiger partial charge in [0.25, 0.3) is 0 Å². The first-order chi connectivity index (χ1) is 12.6. The molecule has 0 bridgehead atoms. The maximum absolute atomic E-state index is 12.8. The zero-order chi connectivity index (χ0) is 18.1. The van der Waals surface area contributed by atoms with E-state index in [0.717, 1.165) is 36.2 Å². The second-order valence-corrected chi connectivity index (χ2v) is 7.08. The molecule has 0 saturated carbocycles. The number of nitrogens with one attached hydrogen (secondary N) is 1. The summed E-state index contributed by atoms with van der Waals surface area (Å²) in [7, 11) is 0. The lowest BCUT2D eigenvalue weighted by atomic mass is 9.98. The highest BCUT2D eigenvalue weighted by Crippen LogP contribution is 2.24. The van der Waals surface area contributed by atoms with Crippen LogP contribution in [0.4, 0.5) is 0 Å². The molecule has 2 aromatic carbocycles. The zero-order valence-electron chi connectivity index (χ0n) is 15.2. The summed E-state index contributed by atoms with van der Waals surface area (Å²) in [5.41, 5.74) is 3.57. The van der Waals surface area contributed by atoms with Crippen molar-refractivity contribution in [2.75, 3.05) is 6.54 Å². The first-order valence-electron chi connectivity index (χ1n) is 9.21. The molecular formula is C22H24N2O2. The highest BCUT2D eigenvalue weighted by atomic mass is 16.3. The smallest absolute Gasteiger partial charge is 0.237 e. The Bertz CT molecular complexity index is 898. The number of hydrogen-bond donors (Lipinski definition) is 1. The lowest BCUT2D eigenvalue weighted by Gasteiger charge is -2.33. The van der Waals surface area contributed by atoms with Crippen molar-refractivity contribution in [3.8, 4) is 0 Å². The minimum atomic E-state index is -0.171. The predicted molar refractivity (Wildman–Crippen MR) is 103 cm³/mol. The van der Waals surface area contributed by atoms with Gasteiger partial charge in [-0.2, -0.15) is 0 Å². The number of nitrogens with zero attached hydrogens (tertiary/aromatic N) is 1. The van der Waals surface area contributed by atoms with Gasteiger partial charge >= 0.3 is 0 Å². The first kappa shape index (κ1) is 16.9.